The number of rotatable bonds is 4. The highest BCUT2D eigenvalue weighted by molar-refractivity contribution is 7.98. The number of aryl methyl sites for hydroxylation is 1. The fourth-order valence-corrected chi connectivity index (χ4v) is 4.00. The van der Waals surface area contributed by atoms with E-state index in [1.807, 2.05) is 24.4 Å². The first-order valence-corrected chi connectivity index (χ1v) is 9.43. The van der Waals surface area contributed by atoms with Crippen LogP contribution in [0.5, 0.6) is 0 Å². The molecule has 9 heteroatoms. The number of tetrazole rings is 1. The first-order chi connectivity index (χ1) is 12.1. The van der Waals surface area contributed by atoms with Gasteiger partial charge >= 0.3 is 0 Å². The molecule has 0 aliphatic carbocycles. The van der Waals surface area contributed by atoms with Crippen LogP contribution in [0.1, 0.15) is 16.8 Å². The molecule has 0 saturated heterocycles. The highest BCUT2D eigenvalue weighted by Gasteiger charge is 2.13. The van der Waals surface area contributed by atoms with Gasteiger partial charge in [0.2, 0.25) is 5.16 Å². The third-order valence-corrected chi connectivity index (χ3v) is 5.66. The summed E-state index contributed by atoms with van der Waals surface area (Å²) in [5, 5.41) is 14.5. The highest BCUT2D eigenvalue weighted by Crippen LogP contribution is 2.24. The maximum absolute atomic E-state index is 12.1. The van der Waals surface area contributed by atoms with Crippen LogP contribution in [0.4, 0.5) is 0 Å². The number of benzene rings is 1. The van der Waals surface area contributed by atoms with Crippen molar-refractivity contribution in [1.29, 1.82) is 0 Å². The maximum Gasteiger partial charge on any atom is 0.258 e. The normalized spacial score (nSPS) is 11.3. The summed E-state index contributed by atoms with van der Waals surface area (Å²) in [5.74, 6) is 0.523. The standard InChI is InChI=1S/C16H14N6OS2/c1-10-4-3-5-13(11(10)2)22-16(18-19-20-22)25-9-12-8-14(23)21-6-7-24-15(21)17-12/h3-8H,9H2,1-2H3. The second kappa shape index (κ2) is 6.41. The van der Waals surface area contributed by atoms with Crippen LogP contribution in [0.2, 0.25) is 0 Å². The van der Waals surface area contributed by atoms with Crippen LogP contribution in [-0.2, 0) is 5.75 Å². The number of hydrogen-bond donors (Lipinski definition) is 0. The van der Waals surface area contributed by atoms with Crippen molar-refractivity contribution in [2.45, 2.75) is 24.8 Å². The molecule has 126 valence electrons. The van der Waals surface area contributed by atoms with Crippen molar-refractivity contribution >= 4 is 28.1 Å². The molecule has 0 unspecified atom stereocenters. The molecule has 0 atom stereocenters. The largest absolute Gasteiger partial charge is 0.269 e. The molecule has 4 aromatic rings. The van der Waals surface area contributed by atoms with Crippen LogP contribution < -0.4 is 5.56 Å². The quantitative estimate of drug-likeness (QED) is 0.514. The topological polar surface area (TPSA) is 78.0 Å². The molecule has 0 fully saturated rings. The number of fused-ring (bicyclic) bond motifs is 1. The molecule has 0 amide bonds. The second-order valence-electron chi connectivity index (χ2n) is 5.52. The van der Waals surface area contributed by atoms with E-state index in [1.54, 1.807) is 21.3 Å². The van der Waals surface area contributed by atoms with E-state index in [1.165, 1.54) is 28.7 Å². The fraction of sp³-hybridized carbons (Fsp3) is 0.188. The molecule has 0 N–H and O–H groups in total. The maximum atomic E-state index is 12.1. The van der Waals surface area contributed by atoms with Crippen molar-refractivity contribution in [1.82, 2.24) is 29.6 Å². The van der Waals surface area contributed by atoms with E-state index in [0.717, 1.165) is 11.3 Å². The van der Waals surface area contributed by atoms with Gasteiger partial charge < -0.3 is 0 Å². The van der Waals surface area contributed by atoms with E-state index in [9.17, 15) is 4.79 Å². The Morgan fingerprint density at radius 3 is 3.04 bits per heavy atom. The molecule has 0 radical (unpaired) electrons. The van der Waals surface area contributed by atoms with Crippen LogP contribution in [-0.4, -0.2) is 29.6 Å². The predicted octanol–water partition coefficient (Wildman–Crippen LogP) is 2.64. The lowest BCUT2D eigenvalue weighted by Gasteiger charge is -2.09. The van der Waals surface area contributed by atoms with Crippen molar-refractivity contribution in [3.8, 4) is 5.69 Å². The first-order valence-electron chi connectivity index (χ1n) is 7.57. The Kier molecular flexibility index (Phi) is 4.10. The van der Waals surface area contributed by atoms with Crippen molar-refractivity contribution in [3.63, 3.8) is 0 Å². The smallest absolute Gasteiger partial charge is 0.258 e. The average molecular weight is 370 g/mol. The van der Waals surface area contributed by atoms with Gasteiger partial charge in [0, 0.05) is 23.4 Å². The Labute approximate surface area is 151 Å². The summed E-state index contributed by atoms with van der Waals surface area (Å²) in [4.78, 5) is 17.3. The summed E-state index contributed by atoms with van der Waals surface area (Å²) in [6.07, 6.45) is 1.73. The lowest BCUT2D eigenvalue weighted by Crippen LogP contribution is -2.12. The lowest BCUT2D eigenvalue weighted by atomic mass is 10.1. The van der Waals surface area contributed by atoms with Gasteiger partial charge in [0.25, 0.3) is 5.56 Å². The van der Waals surface area contributed by atoms with Crippen molar-refractivity contribution in [2.75, 3.05) is 0 Å². The Balaban J connectivity index is 1.63. The second-order valence-corrected chi connectivity index (χ2v) is 7.34. The van der Waals surface area contributed by atoms with Crippen LogP contribution in [0.3, 0.4) is 0 Å². The molecular weight excluding hydrogens is 356 g/mol. The van der Waals surface area contributed by atoms with Gasteiger partial charge in [-0.25, -0.2) is 4.98 Å². The monoisotopic (exact) mass is 370 g/mol. The van der Waals surface area contributed by atoms with Crippen LogP contribution in [0, 0.1) is 13.8 Å². The number of hydrogen-bond acceptors (Lipinski definition) is 7. The molecular formula is C16H14N6OS2. The van der Waals surface area contributed by atoms with E-state index in [0.29, 0.717) is 21.6 Å². The van der Waals surface area contributed by atoms with Gasteiger partial charge in [-0.3, -0.25) is 9.20 Å². The number of thiazole rings is 1. The van der Waals surface area contributed by atoms with E-state index in [2.05, 4.69) is 33.5 Å². The molecule has 4 rings (SSSR count). The van der Waals surface area contributed by atoms with Gasteiger partial charge in [-0.05, 0) is 41.5 Å². The van der Waals surface area contributed by atoms with Crippen molar-refractivity contribution in [3.05, 3.63) is 63.0 Å². The molecule has 0 aliphatic heterocycles. The molecule has 3 heterocycles. The van der Waals surface area contributed by atoms with Crippen molar-refractivity contribution < 1.29 is 0 Å². The molecule has 3 aromatic heterocycles. The summed E-state index contributed by atoms with van der Waals surface area (Å²) in [6, 6.07) is 7.59. The number of aromatic nitrogens is 6. The van der Waals surface area contributed by atoms with E-state index >= 15 is 0 Å². The van der Waals surface area contributed by atoms with Crippen LogP contribution in [0.25, 0.3) is 10.6 Å². The van der Waals surface area contributed by atoms with Gasteiger partial charge in [0.15, 0.2) is 4.96 Å². The van der Waals surface area contributed by atoms with Gasteiger partial charge in [-0.15, -0.1) is 16.4 Å². The lowest BCUT2D eigenvalue weighted by molar-refractivity contribution is 0.751. The molecule has 0 aliphatic rings. The fourth-order valence-electron chi connectivity index (χ4n) is 2.49. The van der Waals surface area contributed by atoms with Gasteiger partial charge in [-0.2, -0.15) is 4.68 Å². The molecule has 7 nitrogen and oxygen atoms in total. The van der Waals surface area contributed by atoms with Crippen LogP contribution >= 0.6 is 23.1 Å². The van der Waals surface area contributed by atoms with E-state index in [4.69, 9.17) is 0 Å². The Hall–Kier alpha value is -2.52. The SMILES string of the molecule is Cc1cccc(-n2nnnc2SCc2cc(=O)n3ccsc3n2)c1C. The van der Waals surface area contributed by atoms with Crippen LogP contribution in [0.15, 0.2) is 45.8 Å². The third kappa shape index (κ3) is 2.96. The highest BCUT2D eigenvalue weighted by atomic mass is 32.2. The molecule has 1 aromatic carbocycles. The Bertz CT molecular complexity index is 1110. The van der Waals surface area contributed by atoms with Gasteiger partial charge in [-0.1, -0.05) is 23.9 Å². The summed E-state index contributed by atoms with van der Waals surface area (Å²) in [6.45, 7) is 4.11. The Morgan fingerprint density at radius 1 is 1.28 bits per heavy atom. The van der Waals surface area contributed by atoms with E-state index in [-0.39, 0.29) is 5.56 Å². The molecule has 0 saturated carbocycles. The van der Waals surface area contributed by atoms with Crippen molar-refractivity contribution in [2.24, 2.45) is 0 Å². The van der Waals surface area contributed by atoms with Gasteiger partial charge in [0.05, 0.1) is 11.4 Å². The number of nitrogens with zero attached hydrogens (tertiary/aromatic N) is 6. The Morgan fingerprint density at radius 2 is 2.16 bits per heavy atom. The summed E-state index contributed by atoms with van der Waals surface area (Å²) in [5.41, 5.74) is 3.91. The summed E-state index contributed by atoms with van der Waals surface area (Å²) in [7, 11) is 0. The molecule has 0 spiro atoms. The minimum Gasteiger partial charge on any atom is -0.269 e. The van der Waals surface area contributed by atoms with E-state index < -0.39 is 0 Å². The zero-order valence-corrected chi connectivity index (χ0v) is 15.2. The first kappa shape index (κ1) is 16.0. The average Bonchev–Trinajstić information content (AvgIpc) is 3.24. The summed E-state index contributed by atoms with van der Waals surface area (Å²) >= 11 is 2.90. The number of thioether (sulfide) groups is 1. The minimum atomic E-state index is -0.0732. The summed E-state index contributed by atoms with van der Waals surface area (Å²) < 4.78 is 3.27. The zero-order chi connectivity index (χ0) is 17.4. The molecule has 0 bridgehead atoms. The third-order valence-electron chi connectivity index (χ3n) is 3.95. The minimum absolute atomic E-state index is 0.0732. The molecule has 25 heavy (non-hydrogen) atoms. The van der Waals surface area contributed by atoms with Gasteiger partial charge in [0.1, 0.15) is 0 Å². The predicted molar refractivity (Wildman–Crippen MR) is 97.5 cm³/mol. The zero-order valence-electron chi connectivity index (χ0n) is 13.6.